The molecule has 4 aliphatic rings. The van der Waals surface area contributed by atoms with Crippen LogP contribution in [0.15, 0.2) is 24.3 Å². The van der Waals surface area contributed by atoms with Crippen molar-refractivity contribution in [3.05, 3.63) is 46.9 Å². The van der Waals surface area contributed by atoms with Crippen LogP contribution in [0.1, 0.15) is 62.3 Å². The minimum Gasteiger partial charge on any atom is -0.469 e. The van der Waals surface area contributed by atoms with E-state index in [1.54, 1.807) is 13.2 Å². The van der Waals surface area contributed by atoms with Crippen molar-refractivity contribution in [2.24, 2.45) is 5.92 Å². The van der Waals surface area contributed by atoms with Crippen molar-refractivity contribution >= 4 is 28.2 Å². The normalized spacial score (nSPS) is 24.1. The van der Waals surface area contributed by atoms with Gasteiger partial charge in [-0.25, -0.2) is 8.78 Å². The van der Waals surface area contributed by atoms with Gasteiger partial charge in [-0.1, -0.05) is 13.0 Å². The van der Waals surface area contributed by atoms with Crippen molar-refractivity contribution in [2.75, 3.05) is 70.1 Å². The lowest BCUT2D eigenvalue weighted by molar-refractivity contribution is -0.145. The van der Waals surface area contributed by atoms with Crippen LogP contribution in [-0.2, 0) is 33.7 Å². The number of aromatic nitrogens is 2. The topological polar surface area (TPSA) is 89.5 Å². The predicted octanol–water partition coefficient (Wildman–Crippen LogP) is 5.61. The lowest BCUT2D eigenvalue weighted by Crippen LogP contribution is -2.43. The van der Waals surface area contributed by atoms with Crippen molar-refractivity contribution in [3.63, 3.8) is 0 Å². The van der Waals surface area contributed by atoms with E-state index in [1.807, 2.05) is 19.1 Å². The summed E-state index contributed by atoms with van der Waals surface area (Å²) in [4.78, 5) is 29.2. The fourth-order valence-corrected chi connectivity index (χ4v) is 8.55. The largest absolute Gasteiger partial charge is 0.469 e. The minimum atomic E-state index is -0.853. The van der Waals surface area contributed by atoms with Crippen LogP contribution in [0.4, 0.5) is 20.3 Å². The van der Waals surface area contributed by atoms with Gasteiger partial charge in [-0.05, 0) is 74.6 Å². The van der Waals surface area contributed by atoms with Gasteiger partial charge in [0, 0.05) is 62.4 Å². The van der Waals surface area contributed by atoms with E-state index >= 15 is 4.39 Å². The first kappa shape index (κ1) is 33.7. The summed E-state index contributed by atoms with van der Waals surface area (Å²) in [7, 11) is 3.03. The Bertz CT molecular complexity index is 1690. The van der Waals surface area contributed by atoms with Crippen LogP contribution in [0.3, 0.4) is 0 Å². The summed E-state index contributed by atoms with van der Waals surface area (Å²) in [5.41, 5.74) is 3.12. The lowest BCUT2D eigenvalue weighted by atomic mass is 9.95. The molecule has 5 heterocycles. The molecule has 3 saturated heterocycles. The Morgan fingerprint density at radius 3 is 2.73 bits per heavy atom. The molecule has 0 saturated carbocycles. The standard InChI is InChI=1S/C37H47F2N5O5/c1-4-28-30(39)9-8-25-17-27(49-23-46-2)18-32(33(25)28)43-16-11-29-31(21-43)40-36(48-22-37-12-6-14-44(37)20-26(38)19-37)41-34(29)42-13-5-7-24(10-15-42)35(45)47-3/h8-9,17-18,24,26H,4-7,10-16,19-23H2,1-3H3/t24?,26-,37+/m1/s1. The van der Waals surface area contributed by atoms with Gasteiger partial charge in [0.15, 0.2) is 6.79 Å². The van der Waals surface area contributed by atoms with E-state index in [1.165, 1.54) is 13.2 Å². The van der Waals surface area contributed by atoms with E-state index in [2.05, 4.69) is 14.7 Å². The number of carbonyl (C=O) groups excluding carboxylic acids is 1. The average Bonchev–Trinajstić information content (AvgIpc) is 3.52. The zero-order chi connectivity index (χ0) is 34.1. The highest BCUT2D eigenvalue weighted by atomic mass is 19.1. The van der Waals surface area contributed by atoms with Crippen molar-refractivity contribution in [1.82, 2.24) is 14.9 Å². The summed E-state index contributed by atoms with van der Waals surface area (Å²) in [6, 6.07) is 7.50. The summed E-state index contributed by atoms with van der Waals surface area (Å²) in [6.07, 6.45) is 5.02. The Labute approximate surface area is 286 Å². The first-order valence-corrected chi connectivity index (χ1v) is 17.7. The van der Waals surface area contributed by atoms with E-state index < -0.39 is 6.17 Å². The third-order valence-corrected chi connectivity index (χ3v) is 11.0. The van der Waals surface area contributed by atoms with Crippen LogP contribution < -0.4 is 19.3 Å². The highest BCUT2D eigenvalue weighted by molar-refractivity contribution is 5.98. The predicted molar refractivity (Wildman–Crippen MR) is 183 cm³/mol. The second kappa shape index (κ2) is 14.2. The second-order valence-electron chi connectivity index (χ2n) is 13.9. The van der Waals surface area contributed by atoms with Gasteiger partial charge in [0.05, 0.1) is 30.8 Å². The number of hydrogen-bond donors (Lipinski definition) is 0. The molecular weight excluding hydrogens is 632 g/mol. The molecule has 3 aromatic rings. The molecule has 49 heavy (non-hydrogen) atoms. The molecule has 0 aliphatic carbocycles. The maximum atomic E-state index is 15.2. The average molecular weight is 680 g/mol. The summed E-state index contributed by atoms with van der Waals surface area (Å²) in [6.45, 7) is 6.28. The maximum Gasteiger partial charge on any atom is 0.318 e. The zero-order valence-electron chi connectivity index (χ0n) is 28.8. The van der Waals surface area contributed by atoms with E-state index in [-0.39, 0.29) is 36.0 Å². The lowest BCUT2D eigenvalue weighted by Gasteiger charge is -2.35. The molecule has 0 radical (unpaired) electrons. The number of hydrogen-bond acceptors (Lipinski definition) is 10. The molecule has 12 heteroatoms. The summed E-state index contributed by atoms with van der Waals surface area (Å²) < 4.78 is 52.4. The van der Waals surface area contributed by atoms with Gasteiger partial charge in [-0.15, -0.1) is 0 Å². The van der Waals surface area contributed by atoms with Crippen LogP contribution in [0.25, 0.3) is 10.8 Å². The van der Waals surface area contributed by atoms with E-state index in [0.29, 0.717) is 69.8 Å². The molecule has 4 aliphatic heterocycles. The molecule has 3 fully saturated rings. The first-order chi connectivity index (χ1) is 23.8. The number of fused-ring (bicyclic) bond motifs is 3. The fraction of sp³-hybridized carbons (Fsp3) is 0.595. The van der Waals surface area contributed by atoms with Crippen molar-refractivity contribution in [3.8, 4) is 11.8 Å². The smallest absolute Gasteiger partial charge is 0.318 e. The Morgan fingerprint density at radius 2 is 1.92 bits per heavy atom. The van der Waals surface area contributed by atoms with Gasteiger partial charge in [-0.3, -0.25) is 9.69 Å². The fourth-order valence-electron chi connectivity index (χ4n) is 8.55. The molecule has 0 N–H and O–H groups in total. The number of rotatable bonds is 10. The maximum absolute atomic E-state index is 15.2. The third kappa shape index (κ3) is 6.61. The summed E-state index contributed by atoms with van der Waals surface area (Å²) in [5.74, 6) is 0.943. The zero-order valence-corrected chi connectivity index (χ0v) is 28.8. The summed E-state index contributed by atoms with van der Waals surface area (Å²) in [5, 5.41) is 1.76. The first-order valence-electron chi connectivity index (χ1n) is 17.7. The van der Waals surface area contributed by atoms with Crippen molar-refractivity contribution in [2.45, 2.75) is 76.5 Å². The highest BCUT2D eigenvalue weighted by Crippen LogP contribution is 2.42. The number of benzene rings is 2. The quantitative estimate of drug-likeness (QED) is 0.199. The monoisotopic (exact) mass is 679 g/mol. The molecule has 10 nitrogen and oxygen atoms in total. The Kier molecular flexibility index (Phi) is 9.79. The molecule has 3 atom stereocenters. The van der Waals surface area contributed by atoms with Gasteiger partial charge < -0.3 is 28.7 Å². The Morgan fingerprint density at radius 1 is 1.04 bits per heavy atom. The molecule has 1 aromatic heterocycles. The van der Waals surface area contributed by atoms with Gasteiger partial charge in [0.2, 0.25) is 0 Å². The second-order valence-corrected chi connectivity index (χ2v) is 13.9. The van der Waals surface area contributed by atoms with Crippen LogP contribution in [0.5, 0.6) is 11.8 Å². The van der Waals surface area contributed by atoms with Crippen LogP contribution >= 0.6 is 0 Å². The molecular formula is C37H47F2N5O5. The Balaban J connectivity index is 1.25. The van der Waals surface area contributed by atoms with Crippen LogP contribution in [0, 0.1) is 11.7 Å². The molecule has 0 bridgehead atoms. The minimum absolute atomic E-state index is 0.0988. The highest BCUT2D eigenvalue weighted by Gasteiger charge is 2.49. The van der Waals surface area contributed by atoms with Crippen molar-refractivity contribution < 1.29 is 32.5 Å². The molecule has 2 aromatic carbocycles. The Hall–Kier alpha value is -3.77. The van der Waals surface area contributed by atoms with Crippen LogP contribution in [0.2, 0.25) is 0 Å². The van der Waals surface area contributed by atoms with Gasteiger partial charge in [0.1, 0.15) is 30.2 Å². The number of methoxy groups -OCH3 is 2. The number of ether oxygens (including phenoxy) is 4. The number of anilines is 2. The van der Waals surface area contributed by atoms with E-state index in [4.69, 9.17) is 28.9 Å². The molecule has 0 spiro atoms. The SMILES string of the molecule is CCc1c(F)ccc2cc(OCOC)cc(N3CCc4c(nc(OC[C@@]56CCCN5C[C@H](F)C6)nc4N4CCCC(C(=O)OC)CC4)C3)c12. The van der Waals surface area contributed by atoms with Crippen LogP contribution in [-0.4, -0.2) is 92.9 Å². The number of carbonyl (C=O) groups is 1. The van der Waals surface area contributed by atoms with E-state index in [0.717, 1.165) is 72.3 Å². The molecule has 264 valence electrons. The van der Waals surface area contributed by atoms with E-state index in [9.17, 15) is 9.18 Å². The van der Waals surface area contributed by atoms with Gasteiger partial charge in [0.25, 0.3) is 0 Å². The number of halogens is 2. The summed E-state index contributed by atoms with van der Waals surface area (Å²) >= 11 is 0. The number of esters is 1. The van der Waals surface area contributed by atoms with Gasteiger partial charge >= 0.3 is 12.0 Å². The molecule has 1 unspecified atom stereocenters. The third-order valence-electron chi connectivity index (χ3n) is 11.0. The molecule has 0 amide bonds. The number of nitrogens with zero attached hydrogens (tertiary/aromatic N) is 5. The number of aryl methyl sites for hydroxylation is 1. The molecule has 7 rings (SSSR count). The van der Waals surface area contributed by atoms with Gasteiger partial charge in [-0.2, -0.15) is 9.97 Å². The number of alkyl halides is 1. The van der Waals surface area contributed by atoms with Crippen molar-refractivity contribution in [1.29, 1.82) is 0 Å².